The molecule has 6 N–H and O–H groups in total. The normalized spacial score (nSPS) is 15.4. The maximum atomic E-state index is 11.5. The van der Waals surface area contributed by atoms with Crippen LogP contribution in [0.25, 0.3) is 0 Å². The number of hydrogen-bond donors (Lipinski definition) is 6. The van der Waals surface area contributed by atoms with Crippen LogP contribution in [0.3, 0.4) is 0 Å². The van der Waals surface area contributed by atoms with Crippen molar-refractivity contribution >= 4 is 17.9 Å². The van der Waals surface area contributed by atoms with E-state index in [-0.39, 0.29) is 65.5 Å². The van der Waals surface area contributed by atoms with Crippen molar-refractivity contribution < 1.29 is 73.4 Å². The van der Waals surface area contributed by atoms with Crippen molar-refractivity contribution in [2.24, 2.45) is 0 Å². The third-order valence-corrected chi connectivity index (χ3v) is 5.37. The first-order valence-electron chi connectivity index (χ1n) is 13.4. The van der Waals surface area contributed by atoms with Gasteiger partial charge in [-0.3, -0.25) is 0 Å². The van der Waals surface area contributed by atoms with E-state index in [1.54, 1.807) is 0 Å². The Balaban J connectivity index is 4.95. The highest BCUT2D eigenvalue weighted by molar-refractivity contribution is 5.86. The van der Waals surface area contributed by atoms with Gasteiger partial charge in [0, 0.05) is 25.9 Å². The molecular formula is C27H44O15. The van der Waals surface area contributed by atoms with Gasteiger partial charge in [-0.05, 0) is 39.0 Å². The first-order chi connectivity index (χ1) is 20.0. The van der Waals surface area contributed by atoms with Crippen LogP contribution >= 0.6 is 0 Å². The van der Waals surface area contributed by atoms with Crippen LogP contribution in [0.5, 0.6) is 0 Å². The molecule has 4 unspecified atom stereocenters. The van der Waals surface area contributed by atoms with Crippen molar-refractivity contribution in [1.82, 2.24) is 0 Å². The zero-order valence-corrected chi connectivity index (χ0v) is 24.2. The highest BCUT2D eigenvalue weighted by Crippen LogP contribution is 2.15. The zero-order valence-electron chi connectivity index (χ0n) is 24.2. The van der Waals surface area contributed by atoms with Crippen LogP contribution in [0.1, 0.15) is 40.0 Å². The number of esters is 3. The Labute approximate surface area is 244 Å². The van der Waals surface area contributed by atoms with Crippen LogP contribution in [-0.4, -0.2) is 126 Å². The van der Waals surface area contributed by atoms with Gasteiger partial charge in [0.15, 0.2) is 17.3 Å². The second kappa shape index (κ2) is 23.4. The molecule has 0 aliphatic rings. The lowest BCUT2D eigenvalue weighted by atomic mass is 10.0. The molecule has 15 nitrogen and oxygen atoms in total. The summed E-state index contributed by atoms with van der Waals surface area (Å²) >= 11 is 0. The molecule has 0 aromatic carbocycles. The molecule has 0 saturated carbocycles. The van der Waals surface area contributed by atoms with Gasteiger partial charge in [0.2, 0.25) is 0 Å². The van der Waals surface area contributed by atoms with E-state index in [4.69, 9.17) is 28.4 Å². The fraction of sp³-hybridized carbons (Fsp3) is 0.667. The van der Waals surface area contributed by atoms with Crippen molar-refractivity contribution in [3.8, 4) is 0 Å². The predicted octanol–water partition coefficient (Wildman–Crippen LogP) is 0.673. The van der Waals surface area contributed by atoms with Crippen LogP contribution < -0.4 is 0 Å². The summed E-state index contributed by atoms with van der Waals surface area (Å²) < 4.78 is 31.1. The minimum Gasteiger partial charge on any atom is -0.502 e. The molecule has 0 aromatic heterocycles. The van der Waals surface area contributed by atoms with Gasteiger partial charge in [0.25, 0.3) is 0 Å². The summed E-state index contributed by atoms with van der Waals surface area (Å²) in [6.07, 6.45) is -1.41. The van der Waals surface area contributed by atoms with Crippen LogP contribution in [-0.2, 0) is 42.8 Å². The maximum absolute atomic E-state index is 11.5. The van der Waals surface area contributed by atoms with Gasteiger partial charge in [-0.25, -0.2) is 14.4 Å². The molecule has 0 spiro atoms. The van der Waals surface area contributed by atoms with E-state index in [1.165, 1.54) is 39.0 Å². The van der Waals surface area contributed by atoms with E-state index in [2.05, 4.69) is 0 Å². The molecule has 15 heteroatoms. The average Bonchev–Trinajstić information content (AvgIpc) is 3.00. The van der Waals surface area contributed by atoms with Crippen molar-refractivity contribution in [2.45, 2.75) is 64.4 Å². The van der Waals surface area contributed by atoms with Gasteiger partial charge >= 0.3 is 17.9 Å². The summed E-state index contributed by atoms with van der Waals surface area (Å²) in [5.41, 5.74) is 0. The Morgan fingerprint density at radius 1 is 0.643 bits per heavy atom. The van der Waals surface area contributed by atoms with Crippen LogP contribution in [0.2, 0.25) is 0 Å². The van der Waals surface area contributed by atoms with Gasteiger partial charge in [-0.15, -0.1) is 0 Å². The summed E-state index contributed by atoms with van der Waals surface area (Å²) in [5.74, 6) is -4.34. The standard InChI is InChI=1S/C27H44O15/c1-4-18(29)25(34)40-13-7-10-37-17-21(32)23(33)24(39-12-9-15-42-27(36)20(31)6-3)22(16-28)38-11-8-14-41-26(35)19(30)5-2/h4-6,21-24,28-33H,7-17H2,1-3H3. The predicted molar refractivity (Wildman–Crippen MR) is 145 cm³/mol. The number of hydrogen-bond acceptors (Lipinski definition) is 15. The molecule has 0 aliphatic heterocycles. The summed E-state index contributed by atoms with van der Waals surface area (Å²) in [5, 5.41) is 59.1. The number of rotatable bonds is 23. The van der Waals surface area contributed by atoms with Crippen molar-refractivity contribution in [2.75, 3.05) is 52.9 Å². The molecule has 0 aliphatic carbocycles. The van der Waals surface area contributed by atoms with E-state index in [1.807, 2.05) is 0 Å². The summed E-state index contributed by atoms with van der Waals surface area (Å²) in [6.45, 7) is 3.04. The van der Waals surface area contributed by atoms with Crippen molar-refractivity contribution in [1.29, 1.82) is 0 Å². The fourth-order valence-electron chi connectivity index (χ4n) is 3.00. The van der Waals surface area contributed by atoms with E-state index < -0.39 is 66.2 Å². The summed E-state index contributed by atoms with van der Waals surface area (Å²) in [4.78, 5) is 34.4. The molecule has 0 amide bonds. The lowest BCUT2D eigenvalue weighted by Crippen LogP contribution is -2.50. The Kier molecular flexibility index (Phi) is 21.6. The second-order valence-electron chi connectivity index (χ2n) is 8.55. The lowest BCUT2D eigenvalue weighted by Gasteiger charge is -2.32. The van der Waals surface area contributed by atoms with Gasteiger partial charge < -0.3 is 59.1 Å². The quantitative estimate of drug-likeness (QED) is 0.0308. The van der Waals surface area contributed by atoms with Gasteiger partial charge in [-0.1, -0.05) is 0 Å². The van der Waals surface area contributed by atoms with Gasteiger partial charge in [0.1, 0.15) is 24.4 Å². The van der Waals surface area contributed by atoms with Gasteiger partial charge in [-0.2, -0.15) is 0 Å². The Bertz CT molecular complexity index is 883. The largest absolute Gasteiger partial charge is 0.502 e. The number of carbonyl (C=O) groups is 3. The third-order valence-electron chi connectivity index (χ3n) is 5.37. The Hall–Kier alpha value is -3.21. The topological polar surface area (TPSA) is 228 Å². The highest BCUT2D eigenvalue weighted by atomic mass is 16.6. The van der Waals surface area contributed by atoms with Crippen LogP contribution in [0, 0.1) is 0 Å². The molecule has 0 fully saturated rings. The number of aliphatic hydroxyl groups is 6. The van der Waals surface area contributed by atoms with E-state index >= 15 is 0 Å². The summed E-state index contributed by atoms with van der Waals surface area (Å²) in [6, 6.07) is 0. The maximum Gasteiger partial charge on any atom is 0.373 e. The molecular weight excluding hydrogens is 564 g/mol. The zero-order chi connectivity index (χ0) is 31.9. The highest BCUT2D eigenvalue weighted by Gasteiger charge is 2.34. The molecule has 4 atom stereocenters. The number of allylic oxidation sites excluding steroid dienone is 3. The van der Waals surface area contributed by atoms with Crippen molar-refractivity contribution in [3.05, 3.63) is 35.5 Å². The molecule has 0 saturated heterocycles. The molecule has 0 heterocycles. The number of ether oxygens (including phenoxy) is 6. The van der Waals surface area contributed by atoms with E-state index in [0.29, 0.717) is 0 Å². The van der Waals surface area contributed by atoms with Crippen molar-refractivity contribution in [3.63, 3.8) is 0 Å². The van der Waals surface area contributed by atoms with Crippen LogP contribution in [0.4, 0.5) is 0 Å². The fourth-order valence-corrected chi connectivity index (χ4v) is 3.00. The first-order valence-corrected chi connectivity index (χ1v) is 13.4. The smallest absolute Gasteiger partial charge is 0.373 e. The number of aliphatic hydroxyl groups excluding tert-OH is 6. The molecule has 0 bridgehead atoms. The number of carbonyl (C=O) groups excluding carboxylic acids is 3. The third kappa shape index (κ3) is 16.3. The Morgan fingerprint density at radius 3 is 1.45 bits per heavy atom. The van der Waals surface area contributed by atoms with E-state index in [0.717, 1.165) is 0 Å². The Morgan fingerprint density at radius 2 is 1.05 bits per heavy atom. The molecule has 0 rings (SSSR count). The monoisotopic (exact) mass is 608 g/mol. The lowest BCUT2D eigenvalue weighted by molar-refractivity contribution is -0.170. The van der Waals surface area contributed by atoms with Crippen LogP contribution in [0.15, 0.2) is 35.5 Å². The molecule has 0 radical (unpaired) electrons. The molecule has 42 heavy (non-hydrogen) atoms. The minimum atomic E-state index is -1.61. The average molecular weight is 609 g/mol. The van der Waals surface area contributed by atoms with E-state index in [9.17, 15) is 45.0 Å². The van der Waals surface area contributed by atoms with Gasteiger partial charge in [0.05, 0.1) is 46.2 Å². The SMILES string of the molecule is CC=C(O)C(=O)OCCCOCC(O)C(O)C(OCCCOC(=O)C(O)=CC)C(CO)OCCCOC(=O)C(O)=CC. The summed E-state index contributed by atoms with van der Waals surface area (Å²) in [7, 11) is 0. The second-order valence-corrected chi connectivity index (χ2v) is 8.55. The first kappa shape index (κ1) is 38.8. The molecule has 242 valence electrons. The molecule has 0 aromatic rings. The minimum absolute atomic E-state index is 0.0456.